The zero-order valence-electron chi connectivity index (χ0n) is 13.4. The number of rotatable bonds is 6. The molecule has 0 saturated carbocycles. The quantitative estimate of drug-likeness (QED) is 0.590. The van der Waals surface area contributed by atoms with Crippen LogP contribution >= 0.6 is 11.6 Å². The van der Waals surface area contributed by atoms with Crippen LogP contribution in [0.1, 0.15) is 25.5 Å². The predicted octanol–water partition coefficient (Wildman–Crippen LogP) is 3.01. The van der Waals surface area contributed by atoms with Crippen LogP contribution in [0, 0.1) is 0 Å². The fourth-order valence-electron chi connectivity index (χ4n) is 2.05. The number of hydrogen-bond acceptors (Lipinski definition) is 6. The maximum absolute atomic E-state index is 12.0. The number of hydrogen-bond donors (Lipinski definition) is 0. The summed E-state index contributed by atoms with van der Waals surface area (Å²) in [5.41, 5.74) is 1.61. The number of nitrogens with zero attached hydrogens (tertiary/aromatic N) is 2. The van der Waals surface area contributed by atoms with Gasteiger partial charge in [0, 0.05) is 10.6 Å². The van der Waals surface area contributed by atoms with Crippen LogP contribution in [0.5, 0.6) is 0 Å². The van der Waals surface area contributed by atoms with Gasteiger partial charge in [-0.1, -0.05) is 23.7 Å². The minimum absolute atomic E-state index is 0.158. The molecule has 0 aliphatic carbocycles. The van der Waals surface area contributed by atoms with Crippen molar-refractivity contribution in [2.75, 3.05) is 13.2 Å². The van der Waals surface area contributed by atoms with Crippen molar-refractivity contribution >= 4 is 23.5 Å². The van der Waals surface area contributed by atoms with Crippen LogP contribution in [-0.2, 0) is 19.1 Å². The molecule has 0 bridgehead atoms. The maximum atomic E-state index is 12.0. The van der Waals surface area contributed by atoms with Gasteiger partial charge in [0.15, 0.2) is 5.92 Å². The lowest BCUT2D eigenvalue weighted by atomic mass is 10.1. The predicted molar refractivity (Wildman–Crippen MR) is 88.5 cm³/mol. The Morgan fingerprint density at radius 1 is 1.00 bits per heavy atom. The maximum Gasteiger partial charge on any atom is 0.326 e. The summed E-state index contributed by atoms with van der Waals surface area (Å²) in [4.78, 5) is 32.5. The van der Waals surface area contributed by atoms with E-state index in [2.05, 4.69) is 9.97 Å². The number of benzene rings is 1. The third kappa shape index (κ3) is 4.29. The Balaban J connectivity index is 2.28. The van der Waals surface area contributed by atoms with Gasteiger partial charge >= 0.3 is 11.9 Å². The first-order chi connectivity index (χ1) is 11.6. The van der Waals surface area contributed by atoms with Crippen LogP contribution in [0.3, 0.4) is 0 Å². The number of halogens is 1. The van der Waals surface area contributed by atoms with Gasteiger partial charge in [-0.15, -0.1) is 0 Å². The second-order valence-electron chi connectivity index (χ2n) is 4.77. The van der Waals surface area contributed by atoms with Gasteiger partial charge in [-0.05, 0) is 26.0 Å². The normalized spacial score (nSPS) is 10.5. The molecule has 0 unspecified atom stereocenters. The van der Waals surface area contributed by atoms with Crippen LogP contribution in [0.15, 0.2) is 36.7 Å². The van der Waals surface area contributed by atoms with Crippen LogP contribution in [0.2, 0.25) is 5.02 Å². The van der Waals surface area contributed by atoms with Crippen molar-refractivity contribution in [3.8, 4) is 11.3 Å². The molecule has 6 nitrogen and oxygen atoms in total. The first-order valence-corrected chi connectivity index (χ1v) is 7.85. The fraction of sp³-hybridized carbons (Fsp3) is 0.294. The minimum Gasteiger partial charge on any atom is -0.465 e. The lowest BCUT2D eigenvalue weighted by Crippen LogP contribution is -2.27. The molecule has 2 rings (SSSR count). The molecule has 0 radical (unpaired) electrons. The van der Waals surface area contributed by atoms with E-state index in [1.54, 1.807) is 38.1 Å². The van der Waals surface area contributed by atoms with Gasteiger partial charge in [-0.3, -0.25) is 19.6 Å². The van der Waals surface area contributed by atoms with E-state index in [0.717, 1.165) is 5.56 Å². The molecule has 0 spiro atoms. The van der Waals surface area contributed by atoms with E-state index < -0.39 is 17.9 Å². The number of esters is 2. The highest BCUT2D eigenvalue weighted by molar-refractivity contribution is 6.30. The van der Waals surface area contributed by atoms with Gasteiger partial charge in [0.05, 0.1) is 37.0 Å². The third-order valence-corrected chi connectivity index (χ3v) is 3.40. The van der Waals surface area contributed by atoms with Gasteiger partial charge in [-0.2, -0.15) is 0 Å². The van der Waals surface area contributed by atoms with Crippen LogP contribution < -0.4 is 0 Å². The Kier molecular flexibility index (Phi) is 6.26. The average Bonchev–Trinajstić information content (AvgIpc) is 2.57. The van der Waals surface area contributed by atoms with Gasteiger partial charge in [0.2, 0.25) is 0 Å². The van der Waals surface area contributed by atoms with Crippen LogP contribution in [0.25, 0.3) is 11.3 Å². The highest BCUT2D eigenvalue weighted by Crippen LogP contribution is 2.22. The molecule has 0 aliphatic heterocycles. The molecule has 2 aromatic rings. The lowest BCUT2D eigenvalue weighted by molar-refractivity contribution is -0.157. The van der Waals surface area contributed by atoms with Crippen molar-refractivity contribution in [2.24, 2.45) is 0 Å². The van der Waals surface area contributed by atoms with E-state index in [-0.39, 0.29) is 18.9 Å². The van der Waals surface area contributed by atoms with E-state index in [9.17, 15) is 9.59 Å². The SMILES string of the molecule is CCOC(=O)C(C(=O)OCC)c1cnc(-c2ccc(Cl)cc2)cn1. The van der Waals surface area contributed by atoms with Crippen molar-refractivity contribution in [1.82, 2.24) is 9.97 Å². The van der Waals surface area contributed by atoms with E-state index in [1.807, 2.05) is 0 Å². The first kappa shape index (κ1) is 17.9. The second kappa shape index (κ2) is 8.40. The molecular weight excluding hydrogens is 332 g/mol. The smallest absolute Gasteiger partial charge is 0.326 e. The monoisotopic (exact) mass is 348 g/mol. The summed E-state index contributed by atoms with van der Waals surface area (Å²) in [5.74, 6) is -2.65. The minimum atomic E-state index is -1.24. The Hall–Kier alpha value is -2.47. The third-order valence-electron chi connectivity index (χ3n) is 3.15. The largest absolute Gasteiger partial charge is 0.465 e. The van der Waals surface area contributed by atoms with Gasteiger partial charge in [0.25, 0.3) is 0 Å². The zero-order chi connectivity index (χ0) is 17.5. The van der Waals surface area contributed by atoms with Crippen molar-refractivity contribution in [1.29, 1.82) is 0 Å². The van der Waals surface area contributed by atoms with Gasteiger partial charge < -0.3 is 9.47 Å². The fourth-order valence-corrected chi connectivity index (χ4v) is 2.17. The van der Waals surface area contributed by atoms with E-state index in [4.69, 9.17) is 21.1 Å². The zero-order valence-corrected chi connectivity index (χ0v) is 14.1. The Bertz CT molecular complexity index is 684. The molecule has 1 heterocycles. The molecule has 7 heteroatoms. The highest BCUT2D eigenvalue weighted by atomic mass is 35.5. The topological polar surface area (TPSA) is 78.4 Å². The summed E-state index contributed by atoms with van der Waals surface area (Å²) in [6.07, 6.45) is 2.87. The van der Waals surface area contributed by atoms with E-state index >= 15 is 0 Å². The molecule has 24 heavy (non-hydrogen) atoms. The molecule has 0 N–H and O–H groups in total. The van der Waals surface area contributed by atoms with Gasteiger partial charge in [0.1, 0.15) is 0 Å². The summed E-state index contributed by atoms with van der Waals surface area (Å²) in [5, 5.41) is 0.619. The highest BCUT2D eigenvalue weighted by Gasteiger charge is 2.33. The summed E-state index contributed by atoms with van der Waals surface area (Å²) >= 11 is 5.86. The molecule has 0 saturated heterocycles. The van der Waals surface area contributed by atoms with E-state index in [1.165, 1.54) is 12.4 Å². The first-order valence-electron chi connectivity index (χ1n) is 7.48. The molecule has 0 fully saturated rings. The Morgan fingerprint density at radius 2 is 1.58 bits per heavy atom. The molecule has 0 atom stereocenters. The number of ether oxygens (including phenoxy) is 2. The number of carbonyl (C=O) groups is 2. The van der Waals surface area contributed by atoms with Crippen molar-refractivity contribution < 1.29 is 19.1 Å². The Morgan fingerprint density at radius 3 is 2.04 bits per heavy atom. The van der Waals surface area contributed by atoms with Crippen molar-refractivity contribution in [2.45, 2.75) is 19.8 Å². The molecule has 1 aromatic carbocycles. The van der Waals surface area contributed by atoms with Gasteiger partial charge in [-0.25, -0.2) is 0 Å². The molecule has 1 aromatic heterocycles. The average molecular weight is 349 g/mol. The Labute approximate surface area is 144 Å². The number of carbonyl (C=O) groups excluding carboxylic acids is 2. The van der Waals surface area contributed by atoms with Crippen LogP contribution in [0.4, 0.5) is 0 Å². The van der Waals surface area contributed by atoms with Crippen molar-refractivity contribution in [3.05, 3.63) is 47.4 Å². The number of aromatic nitrogens is 2. The van der Waals surface area contributed by atoms with Crippen molar-refractivity contribution in [3.63, 3.8) is 0 Å². The summed E-state index contributed by atoms with van der Waals surface area (Å²) < 4.78 is 9.86. The summed E-state index contributed by atoms with van der Waals surface area (Å²) in [6.45, 7) is 3.64. The summed E-state index contributed by atoms with van der Waals surface area (Å²) in [6, 6.07) is 7.10. The molecular formula is C17H17ClN2O4. The summed E-state index contributed by atoms with van der Waals surface area (Å²) in [7, 11) is 0. The molecule has 126 valence electrons. The van der Waals surface area contributed by atoms with E-state index in [0.29, 0.717) is 10.7 Å². The van der Waals surface area contributed by atoms with Crippen LogP contribution in [-0.4, -0.2) is 35.1 Å². The standard InChI is InChI=1S/C17H17ClN2O4/c1-3-23-16(21)15(17(22)24-4-2)14-10-19-13(9-20-14)11-5-7-12(18)8-6-11/h5-10,15H,3-4H2,1-2H3. The second-order valence-corrected chi connectivity index (χ2v) is 5.21. The lowest BCUT2D eigenvalue weighted by Gasteiger charge is -2.13. The molecule has 0 amide bonds. The molecule has 0 aliphatic rings.